The van der Waals surface area contributed by atoms with Gasteiger partial charge in [0, 0.05) is 6.54 Å². The number of nitrogens with zero attached hydrogens (tertiary/aromatic N) is 1. The molecule has 4 N–H and O–H groups in total. The van der Waals surface area contributed by atoms with Crippen LogP contribution in [0.3, 0.4) is 0 Å². The molecule has 0 aromatic heterocycles. The van der Waals surface area contributed by atoms with Crippen LogP contribution in [0.25, 0.3) is 0 Å². The van der Waals surface area contributed by atoms with Gasteiger partial charge >= 0.3 is 0 Å². The van der Waals surface area contributed by atoms with Crippen LogP contribution in [0, 0.1) is 0 Å². The smallest absolute Gasteiger partial charge is 0.109 e. The van der Waals surface area contributed by atoms with E-state index in [-0.39, 0.29) is 6.61 Å². The quantitative estimate of drug-likeness (QED) is 0.455. The van der Waals surface area contributed by atoms with E-state index in [9.17, 15) is 20.4 Å². The molecule has 5 nitrogen and oxygen atoms in total. The predicted molar refractivity (Wildman–Crippen MR) is 60.0 cm³/mol. The van der Waals surface area contributed by atoms with Crippen molar-refractivity contribution in [2.45, 2.75) is 50.5 Å². The van der Waals surface area contributed by atoms with Gasteiger partial charge in [0.1, 0.15) is 12.2 Å². The van der Waals surface area contributed by atoms with Crippen molar-refractivity contribution in [1.82, 2.24) is 4.90 Å². The average molecular weight is 233 g/mol. The van der Waals surface area contributed by atoms with Crippen LogP contribution in [-0.4, -0.2) is 69.4 Å². The molecule has 1 aliphatic heterocycles. The van der Waals surface area contributed by atoms with E-state index < -0.39 is 24.4 Å². The number of hydrogen-bond acceptors (Lipinski definition) is 5. The SMILES string of the molecule is CCCCCN1C[C@H](O)[C@@H](O)[C@@H](O)[C@H]1CO. The fourth-order valence-corrected chi connectivity index (χ4v) is 2.20. The van der Waals surface area contributed by atoms with E-state index >= 15 is 0 Å². The number of β-amino-alcohol motifs (C(OH)–C–C–N with tert-alkyl or cyclic N) is 1. The number of hydrogen-bond donors (Lipinski definition) is 4. The second kappa shape index (κ2) is 6.51. The van der Waals surface area contributed by atoms with E-state index in [4.69, 9.17) is 0 Å². The van der Waals surface area contributed by atoms with Gasteiger partial charge in [-0.05, 0) is 13.0 Å². The Hall–Kier alpha value is -0.200. The van der Waals surface area contributed by atoms with Gasteiger partial charge in [-0.15, -0.1) is 0 Å². The van der Waals surface area contributed by atoms with Crippen molar-refractivity contribution in [3.63, 3.8) is 0 Å². The van der Waals surface area contributed by atoms with Gasteiger partial charge in [-0.2, -0.15) is 0 Å². The fourth-order valence-electron chi connectivity index (χ4n) is 2.20. The maximum Gasteiger partial charge on any atom is 0.109 e. The zero-order valence-electron chi connectivity index (χ0n) is 9.79. The summed E-state index contributed by atoms with van der Waals surface area (Å²) >= 11 is 0. The molecule has 0 amide bonds. The van der Waals surface area contributed by atoms with Crippen LogP contribution in [0.15, 0.2) is 0 Å². The lowest BCUT2D eigenvalue weighted by Gasteiger charge is -2.43. The maximum atomic E-state index is 9.72. The Kier molecular flexibility index (Phi) is 5.64. The Morgan fingerprint density at radius 2 is 1.81 bits per heavy atom. The first-order valence-corrected chi connectivity index (χ1v) is 6.01. The van der Waals surface area contributed by atoms with E-state index in [0.29, 0.717) is 6.54 Å². The van der Waals surface area contributed by atoms with Gasteiger partial charge in [0.25, 0.3) is 0 Å². The number of unbranched alkanes of at least 4 members (excludes halogenated alkanes) is 2. The Labute approximate surface area is 96.3 Å². The van der Waals surface area contributed by atoms with Crippen molar-refractivity contribution in [2.24, 2.45) is 0 Å². The summed E-state index contributed by atoms with van der Waals surface area (Å²) in [6.07, 6.45) is 0.00600. The Morgan fingerprint density at radius 3 is 2.38 bits per heavy atom. The molecule has 4 atom stereocenters. The molecule has 0 saturated carbocycles. The van der Waals surface area contributed by atoms with Crippen molar-refractivity contribution >= 4 is 0 Å². The molecule has 0 spiro atoms. The van der Waals surface area contributed by atoms with Crippen molar-refractivity contribution in [3.8, 4) is 0 Å². The van der Waals surface area contributed by atoms with Crippen LogP contribution < -0.4 is 0 Å². The van der Waals surface area contributed by atoms with Gasteiger partial charge in [-0.1, -0.05) is 19.8 Å². The molecule has 1 rings (SSSR count). The topological polar surface area (TPSA) is 84.2 Å². The average Bonchev–Trinajstić information content (AvgIpc) is 2.27. The molecule has 1 aliphatic rings. The molecule has 0 bridgehead atoms. The maximum absolute atomic E-state index is 9.72. The molecule has 0 radical (unpaired) electrons. The van der Waals surface area contributed by atoms with Gasteiger partial charge in [-0.3, -0.25) is 4.90 Å². The first-order valence-electron chi connectivity index (χ1n) is 6.01. The van der Waals surface area contributed by atoms with E-state index in [1.165, 1.54) is 0 Å². The summed E-state index contributed by atoms with van der Waals surface area (Å²) in [6, 6.07) is -0.463. The van der Waals surface area contributed by atoms with Crippen LogP contribution in [-0.2, 0) is 0 Å². The van der Waals surface area contributed by atoms with Gasteiger partial charge in [-0.25, -0.2) is 0 Å². The molecule has 96 valence electrons. The van der Waals surface area contributed by atoms with E-state index in [1.54, 1.807) is 0 Å². The van der Waals surface area contributed by atoms with Gasteiger partial charge < -0.3 is 20.4 Å². The summed E-state index contributed by atoms with van der Waals surface area (Å²) in [7, 11) is 0. The molecule has 0 aromatic carbocycles. The molecule has 0 unspecified atom stereocenters. The number of rotatable bonds is 5. The first kappa shape index (κ1) is 13.9. The Balaban J connectivity index is 2.53. The van der Waals surface area contributed by atoms with Crippen molar-refractivity contribution in [3.05, 3.63) is 0 Å². The number of aliphatic hydroxyl groups is 4. The lowest BCUT2D eigenvalue weighted by molar-refractivity contribution is -0.145. The minimum Gasteiger partial charge on any atom is -0.395 e. The normalized spacial score (nSPS) is 36.6. The first-order chi connectivity index (χ1) is 7.61. The summed E-state index contributed by atoms with van der Waals surface area (Å²) in [5.74, 6) is 0. The zero-order valence-corrected chi connectivity index (χ0v) is 9.79. The highest BCUT2D eigenvalue weighted by Crippen LogP contribution is 2.19. The summed E-state index contributed by atoms with van der Waals surface area (Å²) in [6.45, 7) is 2.96. The van der Waals surface area contributed by atoms with Crippen LogP contribution in [0.5, 0.6) is 0 Å². The third-order valence-electron chi connectivity index (χ3n) is 3.26. The molecule has 0 aliphatic carbocycles. The highest BCUT2D eigenvalue weighted by molar-refractivity contribution is 4.93. The van der Waals surface area contributed by atoms with Crippen molar-refractivity contribution in [2.75, 3.05) is 19.7 Å². The van der Waals surface area contributed by atoms with Gasteiger partial charge in [0.05, 0.1) is 18.8 Å². The van der Waals surface area contributed by atoms with Gasteiger partial charge in [0.15, 0.2) is 0 Å². The van der Waals surface area contributed by atoms with Crippen LogP contribution >= 0.6 is 0 Å². The molecule has 0 aromatic rings. The monoisotopic (exact) mass is 233 g/mol. The van der Waals surface area contributed by atoms with E-state index in [0.717, 1.165) is 25.8 Å². The van der Waals surface area contributed by atoms with Crippen LogP contribution in [0.4, 0.5) is 0 Å². The second-order valence-electron chi connectivity index (χ2n) is 4.50. The number of piperidine rings is 1. The minimum atomic E-state index is -1.15. The molecule has 5 heteroatoms. The fraction of sp³-hybridized carbons (Fsp3) is 1.00. The highest BCUT2D eigenvalue weighted by atomic mass is 16.4. The third-order valence-corrected chi connectivity index (χ3v) is 3.26. The zero-order chi connectivity index (χ0) is 12.1. The van der Waals surface area contributed by atoms with Crippen LogP contribution in [0.1, 0.15) is 26.2 Å². The Morgan fingerprint density at radius 1 is 1.12 bits per heavy atom. The summed E-state index contributed by atoms with van der Waals surface area (Å²) < 4.78 is 0. The molecular formula is C11H23NO4. The Bertz CT molecular complexity index is 202. The minimum absolute atomic E-state index is 0.197. The standard InChI is InChI=1S/C11H23NO4/c1-2-3-4-5-12-6-9(14)11(16)10(15)8(12)7-13/h8-11,13-16H,2-7H2,1H3/t8-,9+,10+,11-/m1/s1. The molecule has 1 saturated heterocycles. The lowest BCUT2D eigenvalue weighted by Crippen LogP contribution is -2.62. The lowest BCUT2D eigenvalue weighted by atomic mass is 9.94. The summed E-state index contributed by atoms with van der Waals surface area (Å²) in [4.78, 5) is 1.86. The highest BCUT2D eigenvalue weighted by Gasteiger charge is 2.40. The third kappa shape index (κ3) is 3.15. The van der Waals surface area contributed by atoms with Gasteiger partial charge in [0.2, 0.25) is 0 Å². The number of aliphatic hydroxyl groups excluding tert-OH is 4. The largest absolute Gasteiger partial charge is 0.395 e. The molecule has 1 fully saturated rings. The molecular weight excluding hydrogens is 210 g/mol. The second-order valence-corrected chi connectivity index (χ2v) is 4.50. The summed E-state index contributed by atoms with van der Waals surface area (Å²) in [5.41, 5.74) is 0. The van der Waals surface area contributed by atoms with E-state index in [2.05, 4.69) is 6.92 Å². The molecule has 1 heterocycles. The van der Waals surface area contributed by atoms with Crippen molar-refractivity contribution in [1.29, 1.82) is 0 Å². The molecule has 16 heavy (non-hydrogen) atoms. The van der Waals surface area contributed by atoms with Crippen LogP contribution in [0.2, 0.25) is 0 Å². The summed E-state index contributed by atoms with van der Waals surface area (Å²) in [5, 5.41) is 38.0. The number of likely N-dealkylation sites (tertiary alicyclic amines) is 1. The predicted octanol–water partition coefficient (Wildman–Crippen LogP) is -1.06. The van der Waals surface area contributed by atoms with E-state index in [1.807, 2.05) is 4.90 Å². The van der Waals surface area contributed by atoms with Crippen molar-refractivity contribution < 1.29 is 20.4 Å².